The van der Waals surface area contributed by atoms with Crippen molar-refractivity contribution in [3.05, 3.63) is 35.1 Å². The molecule has 0 aliphatic rings. The van der Waals surface area contributed by atoms with Crippen molar-refractivity contribution in [2.75, 3.05) is 0 Å². The van der Waals surface area contributed by atoms with Gasteiger partial charge in [0.1, 0.15) is 17.5 Å². The van der Waals surface area contributed by atoms with Gasteiger partial charge < -0.3 is 13.3 Å². The summed E-state index contributed by atoms with van der Waals surface area (Å²) < 4.78 is 56.3. The van der Waals surface area contributed by atoms with Gasteiger partial charge in [0.25, 0.3) is 17.9 Å². The summed E-state index contributed by atoms with van der Waals surface area (Å²) in [6.45, 7) is 4.70. The van der Waals surface area contributed by atoms with E-state index >= 15 is 0 Å². The Kier molecular flexibility index (Phi) is 11.3. The van der Waals surface area contributed by atoms with Crippen molar-refractivity contribution in [1.82, 2.24) is 0 Å². The molecular weight excluding hydrogens is 433 g/mol. The first kappa shape index (κ1) is 26.7. The van der Waals surface area contributed by atoms with E-state index in [1.165, 1.54) is 0 Å². The molecule has 0 heterocycles. The second kappa shape index (κ2) is 13.1. The standard InChI is InChI=1S/C21H29F3O6Si/c1-4-19(25)28-31(29-20(26)5-2,30-21(27)6-3)12-10-8-7-9-11-16-17(23)13-15(22)14-18(16)24/h13-14H,4-12H2,1-3H3. The van der Waals surface area contributed by atoms with Gasteiger partial charge in [0.2, 0.25) is 0 Å². The summed E-state index contributed by atoms with van der Waals surface area (Å²) in [4.78, 5) is 35.6. The fraction of sp³-hybridized carbons (Fsp3) is 0.571. The van der Waals surface area contributed by atoms with E-state index in [0.29, 0.717) is 37.8 Å². The molecule has 0 aliphatic heterocycles. The molecule has 0 radical (unpaired) electrons. The second-order valence-electron chi connectivity index (χ2n) is 6.93. The number of rotatable bonds is 13. The van der Waals surface area contributed by atoms with E-state index in [2.05, 4.69) is 0 Å². The highest BCUT2D eigenvalue weighted by Gasteiger charge is 2.52. The molecule has 0 N–H and O–H groups in total. The molecule has 0 saturated heterocycles. The maximum atomic E-state index is 13.7. The van der Waals surface area contributed by atoms with Crippen LogP contribution in [0.1, 0.15) is 71.3 Å². The van der Waals surface area contributed by atoms with Gasteiger partial charge in [0.15, 0.2) is 0 Å². The highest BCUT2D eigenvalue weighted by atomic mass is 28.4. The van der Waals surface area contributed by atoms with Crippen LogP contribution in [0.3, 0.4) is 0 Å². The van der Waals surface area contributed by atoms with Crippen LogP contribution in [0.15, 0.2) is 12.1 Å². The molecular formula is C21H29F3O6Si. The predicted molar refractivity (Wildman–Crippen MR) is 108 cm³/mol. The van der Waals surface area contributed by atoms with E-state index in [1.807, 2.05) is 0 Å². The molecule has 10 heteroatoms. The molecule has 6 nitrogen and oxygen atoms in total. The molecule has 31 heavy (non-hydrogen) atoms. The van der Waals surface area contributed by atoms with Gasteiger partial charge in [-0.05, 0) is 19.3 Å². The molecule has 174 valence electrons. The number of benzene rings is 1. The maximum Gasteiger partial charge on any atom is 0.705 e. The zero-order valence-electron chi connectivity index (χ0n) is 18.1. The Balaban J connectivity index is 2.71. The van der Waals surface area contributed by atoms with Crippen molar-refractivity contribution in [3.63, 3.8) is 0 Å². The van der Waals surface area contributed by atoms with E-state index in [4.69, 9.17) is 13.3 Å². The molecule has 1 aromatic rings. The maximum absolute atomic E-state index is 13.7. The van der Waals surface area contributed by atoms with Crippen LogP contribution in [0, 0.1) is 17.5 Å². The molecule has 0 bridgehead atoms. The SMILES string of the molecule is CCC(=O)O[Si](CCCCCCc1c(F)cc(F)cc1F)(OC(=O)CC)OC(=O)CC. The lowest BCUT2D eigenvalue weighted by molar-refractivity contribution is -0.150. The zero-order valence-corrected chi connectivity index (χ0v) is 19.1. The summed E-state index contributed by atoms with van der Waals surface area (Å²) in [5.74, 6) is -4.73. The largest absolute Gasteiger partial charge is 0.705 e. The fourth-order valence-electron chi connectivity index (χ4n) is 2.76. The number of carbonyl (C=O) groups excluding carboxylic acids is 3. The van der Waals surface area contributed by atoms with Crippen LogP contribution in [0.25, 0.3) is 0 Å². The van der Waals surface area contributed by atoms with E-state index in [0.717, 1.165) is 0 Å². The Morgan fingerprint density at radius 3 is 1.58 bits per heavy atom. The minimum absolute atomic E-state index is 0.0247. The van der Waals surface area contributed by atoms with Crippen molar-refractivity contribution >= 4 is 26.7 Å². The average molecular weight is 463 g/mol. The Morgan fingerprint density at radius 1 is 0.742 bits per heavy atom. The summed E-state index contributed by atoms with van der Waals surface area (Å²) in [7, 11) is -3.91. The Bertz CT molecular complexity index is 703. The van der Waals surface area contributed by atoms with Crippen molar-refractivity contribution in [2.45, 2.75) is 78.2 Å². The molecule has 0 aromatic heterocycles. The van der Waals surface area contributed by atoms with Crippen molar-refractivity contribution in [2.24, 2.45) is 0 Å². The fourth-order valence-corrected chi connectivity index (χ4v) is 5.35. The molecule has 0 fully saturated rings. The minimum Gasteiger partial charge on any atom is -0.455 e. The van der Waals surface area contributed by atoms with Gasteiger partial charge in [-0.25, -0.2) is 13.2 Å². The van der Waals surface area contributed by atoms with Crippen LogP contribution in [0.5, 0.6) is 0 Å². The molecule has 0 aliphatic carbocycles. The molecule has 0 spiro atoms. The third-order valence-corrected chi connectivity index (χ3v) is 7.02. The second-order valence-corrected chi connectivity index (χ2v) is 9.41. The minimum atomic E-state index is -3.91. The third kappa shape index (κ3) is 9.12. The van der Waals surface area contributed by atoms with Gasteiger partial charge in [0, 0.05) is 37.0 Å². The first-order chi connectivity index (χ1) is 14.7. The quantitative estimate of drug-likeness (QED) is 0.303. The van der Waals surface area contributed by atoms with Gasteiger partial charge in [-0.15, -0.1) is 0 Å². The number of unbranched alkanes of at least 4 members (excludes halogenated alkanes) is 3. The lowest BCUT2D eigenvalue weighted by Crippen LogP contribution is -2.50. The monoisotopic (exact) mass is 462 g/mol. The van der Waals surface area contributed by atoms with E-state index < -0.39 is 44.2 Å². The summed E-state index contributed by atoms with van der Waals surface area (Å²) in [5, 5.41) is 0. The van der Waals surface area contributed by atoms with Gasteiger partial charge in [-0.3, -0.25) is 14.4 Å². The van der Waals surface area contributed by atoms with Crippen molar-refractivity contribution in [3.8, 4) is 0 Å². The zero-order chi connectivity index (χ0) is 23.4. The van der Waals surface area contributed by atoms with Gasteiger partial charge in [0.05, 0.1) is 6.04 Å². The first-order valence-corrected chi connectivity index (χ1v) is 12.4. The molecule has 1 rings (SSSR count). The van der Waals surface area contributed by atoms with Crippen LogP contribution in [-0.2, 0) is 34.1 Å². The summed E-state index contributed by atoms with van der Waals surface area (Å²) in [6, 6.07) is 1.35. The molecule has 0 saturated carbocycles. The topological polar surface area (TPSA) is 78.9 Å². The van der Waals surface area contributed by atoms with Crippen LogP contribution >= 0.6 is 0 Å². The number of halogens is 3. The molecule has 0 amide bonds. The molecule has 0 atom stereocenters. The van der Waals surface area contributed by atoms with Crippen LogP contribution in [0.2, 0.25) is 6.04 Å². The van der Waals surface area contributed by atoms with Crippen molar-refractivity contribution < 1.29 is 40.8 Å². The van der Waals surface area contributed by atoms with Gasteiger partial charge in [-0.1, -0.05) is 33.6 Å². The number of carbonyl (C=O) groups is 3. The number of hydrogen-bond donors (Lipinski definition) is 0. The Hall–Kier alpha value is -2.36. The van der Waals surface area contributed by atoms with E-state index in [9.17, 15) is 27.6 Å². The highest BCUT2D eigenvalue weighted by Crippen LogP contribution is 2.24. The smallest absolute Gasteiger partial charge is 0.455 e. The number of hydrogen-bond acceptors (Lipinski definition) is 6. The molecule has 1 aromatic carbocycles. The summed E-state index contributed by atoms with van der Waals surface area (Å²) >= 11 is 0. The average Bonchev–Trinajstić information content (AvgIpc) is 2.71. The molecule has 0 unspecified atom stereocenters. The van der Waals surface area contributed by atoms with E-state index in [1.54, 1.807) is 20.8 Å². The lowest BCUT2D eigenvalue weighted by Gasteiger charge is -2.27. The predicted octanol–water partition coefficient (Wildman–Crippen LogP) is 5.01. The van der Waals surface area contributed by atoms with E-state index in [-0.39, 0.29) is 37.3 Å². The third-order valence-electron chi connectivity index (χ3n) is 4.44. The summed E-state index contributed by atoms with van der Waals surface area (Å²) in [5.41, 5.74) is -0.171. The normalized spacial score (nSPS) is 11.2. The van der Waals surface area contributed by atoms with Crippen molar-refractivity contribution in [1.29, 1.82) is 0 Å². The van der Waals surface area contributed by atoms with Gasteiger partial charge >= 0.3 is 8.80 Å². The van der Waals surface area contributed by atoms with Crippen LogP contribution in [0.4, 0.5) is 13.2 Å². The Morgan fingerprint density at radius 2 is 1.16 bits per heavy atom. The first-order valence-electron chi connectivity index (χ1n) is 10.4. The Labute approximate surface area is 181 Å². The summed E-state index contributed by atoms with van der Waals surface area (Å²) in [6.07, 6.45) is 2.13. The highest BCUT2D eigenvalue weighted by molar-refractivity contribution is 6.65. The van der Waals surface area contributed by atoms with Gasteiger partial charge in [-0.2, -0.15) is 0 Å². The lowest BCUT2D eigenvalue weighted by atomic mass is 10.1. The van der Waals surface area contributed by atoms with Crippen LogP contribution < -0.4 is 0 Å². The van der Waals surface area contributed by atoms with Crippen LogP contribution in [-0.4, -0.2) is 26.7 Å².